The first-order valence-electron chi connectivity index (χ1n) is 7.31. The molecule has 0 saturated carbocycles. The van der Waals surface area contributed by atoms with E-state index in [-0.39, 0.29) is 24.7 Å². The largest absolute Gasteiger partial charge is 0.467 e. The number of amides is 1. The van der Waals surface area contributed by atoms with Crippen LogP contribution >= 0.6 is 0 Å². The fraction of sp³-hybridized carbons (Fsp3) is 0.500. The first-order chi connectivity index (χ1) is 11.2. The van der Waals surface area contributed by atoms with E-state index in [1.54, 1.807) is 13.8 Å². The average molecular weight is 347 g/mol. The van der Waals surface area contributed by atoms with Crippen molar-refractivity contribution in [1.29, 1.82) is 0 Å². The molecule has 0 heterocycles. The third kappa shape index (κ3) is 5.84. The fourth-order valence-corrected chi connectivity index (χ4v) is 2.01. The van der Waals surface area contributed by atoms with Crippen molar-refractivity contribution < 1.29 is 32.2 Å². The van der Waals surface area contributed by atoms with Crippen molar-refractivity contribution in [3.63, 3.8) is 0 Å². The van der Waals surface area contributed by atoms with Gasteiger partial charge in [0.2, 0.25) is 5.91 Å². The van der Waals surface area contributed by atoms with E-state index in [2.05, 4.69) is 10.1 Å². The summed E-state index contributed by atoms with van der Waals surface area (Å²) in [4.78, 5) is 23.8. The summed E-state index contributed by atoms with van der Waals surface area (Å²) in [5, 5.41) is 2.28. The highest BCUT2D eigenvalue weighted by atomic mass is 19.4. The van der Waals surface area contributed by atoms with Gasteiger partial charge in [0.25, 0.3) is 0 Å². The number of methoxy groups -OCH3 is 1. The monoisotopic (exact) mass is 347 g/mol. The van der Waals surface area contributed by atoms with Gasteiger partial charge < -0.3 is 14.8 Å². The quantitative estimate of drug-likeness (QED) is 0.771. The first-order valence-corrected chi connectivity index (χ1v) is 7.31. The van der Waals surface area contributed by atoms with Crippen molar-refractivity contribution in [2.45, 2.75) is 38.6 Å². The van der Waals surface area contributed by atoms with Crippen LogP contribution in [0.15, 0.2) is 24.3 Å². The van der Waals surface area contributed by atoms with Crippen molar-refractivity contribution in [3.05, 3.63) is 35.4 Å². The lowest BCUT2D eigenvalue weighted by Gasteiger charge is -2.21. The summed E-state index contributed by atoms with van der Waals surface area (Å²) in [6, 6.07) is 3.00. The zero-order valence-corrected chi connectivity index (χ0v) is 13.6. The third-order valence-corrected chi connectivity index (χ3v) is 3.10. The van der Waals surface area contributed by atoms with E-state index < -0.39 is 29.7 Å². The standard InChI is InChI=1S/C16H20F3NO4/c1-10(2)24-9-8-13(21)20-14(15(22)23-3)11-6-4-5-7-12(11)16(17,18)19/h4-7,10,14H,8-9H2,1-3H3,(H,20,21)/t14-/m1/s1. The molecule has 0 aliphatic carbocycles. The Labute approximate surface area is 138 Å². The molecule has 1 rings (SSSR count). The second-order valence-electron chi connectivity index (χ2n) is 5.28. The van der Waals surface area contributed by atoms with Crippen molar-refractivity contribution in [1.82, 2.24) is 5.32 Å². The first kappa shape index (κ1) is 20.0. The summed E-state index contributed by atoms with van der Waals surface area (Å²) >= 11 is 0. The summed E-state index contributed by atoms with van der Waals surface area (Å²) in [7, 11) is 1.04. The second kappa shape index (κ2) is 8.68. The molecule has 1 atom stereocenters. The molecule has 134 valence electrons. The van der Waals surface area contributed by atoms with Gasteiger partial charge in [0, 0.05) is 0 Å². The van der Waals surface area contributed by atoms with Crippen molar-refractivity contribution >= 4 is 11.9 Å². The van der Waals surface area contributed by atoms with E-state index >= 15 is 0 Å². The molecule has 0 saturated heterocycles. The van der Waals surface area contributed by atoms with E-state index in [0.29, 0.717) is 0 Å². The number of nitrogens with one attached hydrogen (secondary N) is 1. The normalized spacial score (nSPS) is 12.8. The molecular formula is C16H20F3NO4. The molecule has 0 aromatic heterocycles. The number of carbonyl (C=O) groups excluding carboxylic acids is 2. The molecule has 5 nitrogen and oxygen atoms in total. The van der Waals surface area contributed by atoms with Gasteiger partial charge in [-0.1, -0.05) is 18.2 Å². The molecule has 0 bridgehead atoms. The molecule has 0 unspecified atom stereocenters. The van der Waals surface area contributed by atoms with Crippen LogP contribution in [0.2, 0.25) is 0 Å². The van der Waals surface area contributed by atoms with Gasteiger partial charge in [-0.15, -0.1) is 0 Å². The van der Waals surface area contributed by atoms with Crippen LogP contribution in [0.4, 0.5) is 13.2 Å². The minimum Gasteiger partial charge on any atom is -0.467 e. The van der Waals surface area contributed by atoms with Gasteiger partial charge in [-0.05, 0) is 25.5 Å². The number of esters is 1. The van der Waals surface area contributed by atoms with Gasteiger partial charge in [-0.2, -0.15) is 13.2 Å². The highest BCUT2D eigenvalue weighted by Crippen LogP contribution is 2.34. The minimum absolute atomic E-state index is 0.0832. The number of rotatable bonds is 7. The Kier molecular flexibility index (Phi) is 7.21. The zero-order chi connectivity index (χ0) is 18.3. The number of benzene rings is 1. The summed E-state index contributed by atoms with van der Waals surface area (Å²) < 4.78 is 49.1. The van der Waals surface area contributed by atoms with Crippen molar-refractivity contribution in [2.75, 3.05) is 13.7 Å². The van der Waals surface area contributed by atoms with Crippen molar-refractivity contribution in [3.8, 4) is 0 Å². The van der Waals surface area contributed by atoms with E-state index in [4.69, 9.17) is 4.74 Å². The van der Waals surface area contributed by atoms with E-state index in [1.165, 1.54) is 12.1 Å². The average Bonchev–Trinajstić information content (AvgIpc) is 2.50. The van der Waals surface area contributed by atoms with Gasteiger partial charge in [0.05, 0.1) is 31.8 Å². The van der Waals surface area contributed by atoms with E-state index in [9.17, 15) is 22.8 Å². The van der Waals surface area contributed by atoms with Crippen LogP contribution in [0, 0.1) is 0 Å². The molecule has 0 radical (unpaired) electrons. The maximum absolute atomic E-state index is 13.1. The van der Waals surface area contributed by atoms with Crippen LogP contribution in [0.1, 0.15) is 37.4 Å². The van der Waals surface area contributed by atoms with Gasteiger partial charge in [-0.25, -0.2) is 4.79 Å². The lowest BCUT2D eigenvalue weighted by molar-refractivity contribution is -0.147. The Balaban J connectivity index is 2.99. The number of carbonyl (C=O) groups is 2. The van der Waals surface area contributed by atoms with Crippen molar-refractivity contribution in [2.24, 2.45) is 0 Å². The lowest BCUT2D eigenvalue weighted by Crippen LogP contribution is -2.36. The fourth-order valence-electron chi connectivity index (χ4n) is 2.01. The van der Waals surface area contributed by atoms with E-state index in [0.717, 1.165) is 19.2 Å². The highest BCUT2D eigenvalue weighted by Gasteiger charge is 2.37. The molecule has 0 fully saturated rings. The Morgan fingerprint density at radius 1 is 1.21 bits per heavy atom. The topological polar surface area (TPSA) is 64.6 Å². The number of halogens is 3. The van der Waals surface area contributed by atoms with Crippen LogP contribution in [-0.2, 0) is 25.2 Å². The maximum atomic E-state index is 13.1. The number of alkyl halides is 3. The molecule has 0 aliphatic rings. The van der Waals surface area contributed by atoms with Crippen LogP contribution in [-0.4, -0.2) is 31.7 Å². The molecule has 8 heteroatoms. The third-order valence-electron chi connectivity index (χ3n) is 3.10. The SMILES string of the molecule is COC(=O)[C@H](NC(=O)CCOC(C)C)c1ccccc1C(F)(F)F. The molecule has 1 aromatic carbocycles. The zero-order valence-electron chi connectivity index (χ0n) is 13.6. The summed E-state index contributed by atoms with van der Waals surface area (Å²) in [6.45, 7) is 3.67. The molecule has 1 amide bonds. The van der Waals surface area contributed by atoms with Gasteiger partial charge in [0.1, 0.15) is 0 Å². The lowest BCUT2D eigenvalue weighted by atomic mass is 9.99. The Morgan fingerprint density at radius 3 is 2.38 bits per heavy atom. The number of hydrogen-bond donors (Lipinski definition) is 1. The Hall–Kier alpha value is -2.09. The summed E-state index contributed by atoms with van der Waals surface area (Å²) in [5.74, 6) is -1.59. The maximum Gasteiger partial charge on any atom is 0.416 e. The van der Waals surface area contributed by atoms with Gasteiger partial charge >= 0.3 is 12.1 Å². The highest BCUT2D eigenvalue weighted by molar-refractivity contribution is 5.85. The molecule has 1 N–H and O–H groups in total. The van der Waals surface area contributed by atoms with Gasteiger partial charge in [0.15, 0.2) is 6.04 Å². The van der Waals surface area contributed by atoms with Gasteiger partial charge in [-0.3, -0.25) is 4.79 Å². The minimum atomic E-state index is -4.66. The Bertz CT molecular complexity index is 573. The predicted molar refractivity (Wildman–Crippen MR) is 80.0 cm³/mol. The van der Waals surface area contributed by atoms with Crippen LogP contribution in [0.3, 0.4) is 0 Å². The molecule has 0 aliphatic heterocycles. The molecule has 0 spiro atoms. The predicted octanol–water partition coefficient (Wildman–Crippen LogP) is 2.85. The second-order valence-corrected chi connectivity index (χ2v) is 5.28. The van der Waals surface area contributed by atoms with Crippen LogP contribution < -0.4 is 5.32 Å². The smallest absolute Gasteiger partial charge is 0.416 e. The van der Waals surface area contributed by atoms with Crippen LogP contribution in [0.5, 0.6) is 0 Å². The molecule has 1 aromatic rings. The number of ether oxygens (including phenoxy) is 2. The molecule has 24 heavy (non-hydrogen) atoms. The van der Waals surface area contributed by atoms with E-state index in [1.807, 2.05) is 0 Å². The summed E-state index contributed by atoms with van der Waals surface area (Å²) in [6.07, 6.45) is -4.83. The summed E-state index contributed by atoms with van der Waals surface area (Å²) in [5.41, 5.74) is -1.37. The molecular weight excluding hydrogens is 327 g/mol. The Morgan fingerprint density at radius 2 is 1.83 bits per heavy atom. The van der Waals surface area contributed by atoms with Crippen LogP contribution in [0.25, 0.3) is 0 Å². The number of hydrogen-bond acceptors (Lipinski definition) is 4.